The monoisotopic (exact) mass is 357 g/mol. The largest absolute Gasteiger partial charge is 0.433 e. The zero-order valence-electron chi connectivity index (χ0n) is 7.65. The van der Waals surface area contributed by atoms with Crippen LogP contribution in [0.25, 0.3) is 10.9 Å². The maximum Gasteiger partial charge on any atom is 0.433 e. The zero-order valence-corrected chi connectivity index (χ0v) is 10.6. The number of pyridine rings is 1. The number of fused-ring (bicyclic) bond motifs is 1. The second-order valence-electron chi connectivity index (χ2n) is 3.15. The van der Waals surface area contributed by atoms with E-state index in [0.717, 1.165) is 6.07 Å². The standard InChI is InChI=1S/C10H4ClF3IN/c11-5-1-2-8-6(3-5)7(15)4-9(16-8)10(12,13)14/h1-4H. The summed E-state index contributed by atoms with van der Waals surface area (Å²) in [6.07, 6.45) is -4.42. The fourth-order valence-electron chi connectivity index (χ4n) is 1.30. The molecule has 0 fully saturated rings. The van der Waals surface area contributed by atoms with Crippen LogP contribution in [0.4, 0.5) is 13.2 Å². The molecule has 0 bridgehead atoms. The summed E-state index contributed by atoms with van der Waals surface area (Å²) in [4.78, 5) is 3.56. The van der Waals surface area contributed by atoms with Crippen LogP contribution in [-0.4, -0.2) is 4.98 Å². The average molecular weight is 358 g/mol. The van der Waals surface area contributed by atoms with Crippen molar-refractivity contribution in [2.45, 2.75) is 6.18 Å². The molecule has 1 nitrogen and oxygen atoms in total. The number of rotatable bonds is 0. The van der Waals surface area contributed by atoms with E-state index in [0.29, 0.717) is 19.5 Å². The lowest BCUT2D eigenvalue weighted by molar-refractivity contribution is -0.141. The second-order valence-corrected chi connectivity index (χ2v) is 4.75. The summed E-state index contributed by atoms with van der Waals surface area (Å²) in [5.74, 6) is 0. The van der Waals surface area contributed by atoms with Gasteiger partial charge in [-0.3, -0.25) is 0 Å². The van der Waals surface area contributed by atoms with Gasteiger partial charge in [0.1, 0.15) is 5.69 Å². The summed E-state index contributed by atoms with van der Waals surface area (Å²) in [6.45, 7) is 0. The van der Waals surface area contributed by atoms with Crippen molar-refractivity contribution < 1.29 is 13.2 Å². The fourth-order valence-corrected chi connectivity index (χ4v) is 2.20. The van der Waals surface area contributed by atoms with Crippen LogP contribution in [0.15, 0.2) is 24.3 Å². The summed E-state index contributed by atoms with van der Waals surface area (Å²) >= 11 is 7.61. The zero-order chi connectivity index (χ0) is 11.9. The molecule has 6 heteroatoms. The van der Waals surface area contributed by atoms with E-state index in [4.69, 9.17) is 11.6 Å². The van der Waals surface area contributed by atoms with E-state index in [-0.39, 0.29) is 0 Å². The molecule has 1 heterocycles. The van der Waals surface area contributed by atoms with Crippen LogP contribution in [0.1, 0.15) is 5.69 Å². The Kier molecular flexibility index (Phi) is 3.00. The number of halogens is 5. The predicted molar refractivity (Wildman–Crippen MR) is 64.5 cm³/mol. The van der Waals surface area contributed by atoms with Gasteiger partial charge in [-0.1, -0.05) is 11.6 Å². The third kappa shape index (κ3) is 2.24. The SMILES string of the molecule is FC(F)(F)c1cc(I)c2cc(Cl)ccc2n1. The van der Waals surface area contributed by atoms with Crippen molar-refractivity contribution in [3.63, 3.8) is 0 Å². The van der Waals surface area contributed by atoms with Crippen molar-refractivity contribution in [3.8, 4) is 0 Å². The van der Waals surface area contributed by atoms with E-state index in [1.165, 1.54) is 12.1 Å². The first-order valence-electron chi connectivity index (χ1n) is 4.21. The molecule has 1 aromatic carbocycles. The molecular weight excluding hydrogens is 353 g/mol. The highest BCUT2D eigenvalue weighted by Crippen LogP contribution is 2.32. The summed E-state index contributed by atoms with van der Waals surface area (Å²) < 4.78 is 37.9. The van der Waals surface area contributed by atoms with Crippen LogP contribution in [-0.2, 0) is 6.18 Å². The predicted octanol–water partition coefficient (Wildman–Crippen LogP) is 4.51. The Morgan fingerprint density at radius 1 is 1.19 bits per heavy atom. The minimum Gasteiger partial charge on any atom is -0.243 e. The van der Waals surface area contributed by atoms with Gasteiger partial charge in [0.2, 0.25) is 0 Å². The maximum atomic E-state index is 12.5. The van der Waals surface area contributed by atoms with Crippen molar-refractivity contribution in [3.05, 3.63) is 38.6 Å². The molecule has 0 aliphatic heterocycles. The molecule has 0 atom stereocenters. The van der Waals surface area contributed by atoms with E-state index in [1.54, 1.807) is 6.07 Å². The van der Waals surface area contributed by atoms with Crippen LogP contribution in [0.2, 0.25) is 5.02 Å². The van der Waals surface area contributed by atoms with Crippen LogP contribution < -0.4 is 0 Å². The topological polar surface area (TPSA) is 12.9 Å². The van der Waals surface area contributed by atoms with E-state index < -0.39 is 11.9 Å². The number of nitrogens with zero attached hydrogens (tertiary/aromatic N) is 1. The fraction of sp³-hybridized carbons (Fsp3) is 0.100. The molecule has 2 rings (SSSR count). The summed E-state index contributed by atoms with van der Waals surface area (Å²) in [5.41, 5.74) is -0.588. The lowest BCUT2D eigenvalue weighted by Crippen LogP contribution is -2.08. The smallest absolute Gasteiger partial charge is 0.243 e. The van der Waals surface area contributed by atoms with Crippen LogP contribution >= 0.6 is 34.2 Å². The van der Waals surface area contributed by atoms with E-state index in [9.17, 15) is 13.2 Å². The molecule has 0 amide bonds. The average Bonchev–Trinajstić information content (AvgIpc) is 2.17. The minimum atomic E-state index is -4.42. The highest BCUT2D eigenvalue weighted by molar-refractivity contribution is 14.1. The summed E-state index contributed by atoms with van der Waals surface area (Å²) in [6, 6.07) is 5.62. The van der Waals surface area contributed by atoms with Crippen molar-refractivity contribution in [1.82, 2.24) is 4.98 Å². The van der Waals surface area contributed by atoms with Gasteiger partial charge in [0.15, 0.2) is 0 Å². The molecule has 1 aromatic heterocycles. The Morgan fingerprint density at radius 2 is 1.88 bits per heavy atom. The highest BCUT2D eigenvalue weighted by Gasteiger charge is 2.33. The van der Waals surface area contributed by atoms with Crippen molar-refractivity contribution in [2.24, 2.45) is 0 Å². The highest BCUT2D eigenvalue weighted by atomic mass is 127. The van der Waals surface area contributed by atoms with Crippen molar-refractivity contribution in [2.75, 3.05) is 0 Å². The Bertz CT molecular complexity index is 553. The van der Waals surface area contributed by atoms with Crippen LogP contribution in [0.3, 0.4) is 0 Å². The molecule has 0 N–H and O–H groups in total. The molecule has 2 aromatic rings. The molecule has 16 heavy (non-hydrogen) atoms. The number of hydrogen-bond donors (Lipinski definition) is 0. The normalized spacial score (nSPS) is 12.1. The van der Waals surface area contributed by atoms with Gasteiger partial charge < -0.3 is 0 Å². The van der Waals surface area contributed by atoms with E-state index in [2.05, 4.69) is 4.98 Å². The lowest BCUT2D eigenvalue weighted by Gasteiger charge is -2.08. The van der Waals surface area contributed by atoms with Gasteiger partial charge in [0.05, 0.1) is 5.52 Å². The minimum absolute atomic E-state index is 0.295. The van der Waals surface area contributed by atoms with Gasteiger partial charge in [-0.2, -0.15) is 13.2 Å². The van der Waals surface area contributed by atoms with Gasteiger partial charge >= 0.3 is 6.18 Å². The number of benzene rings is 1. The number of hydrogen-bond acceptors (Lipinski definition) is 1. The molecule has 84 valence electrons. The molecule has 0 unspecified atom stereocenters. The molecule has 0 saturated heterocycles. The first-order valence-corrected chi connectivity index (χ1v) is 5.66. The van der Waals surface area contributed by atoms with E-state index in [1.807, 2.05) is 22.6 Å². The quantitative estimate of drug-likeness (QED) is 0.632. The Hall–Kier alpha value is -0.560. The summed E-state index contributed by atoms with van der Waals surface area (Å²) in [5, 5.41) is 1.10. The van der Waals surface area contributed by atoms with Crippen molar-refractivity contribution in [1.29, 1.82) is 0 Å². The third-order valence-corrected chi connectivity index (χ3v) is 3.14. The first kappa shape index (κ1) is 11.9. The van der Waals surface area contributed by atoms with Gasteiger partial charge in [-0.15, -0.1) is 0 Å². The van der Waals surface area contributed by atoms with E-state index >= 15 is 0 Å². The molecule has 0 spiro atoms. The number of aromatic nitrogens is 1. The van der Waals surface area contributed by atoms with Gasteiger partial charge in [-0.05, 0) is 46.9 Å². The Morgan fingerprint density at radius 3 is 2.50 bits per heavy atom. The third-order valence-electron chi connectivity index (χ3n) is 2.01. The van der Waals surface area contributed by atoms with Crippen molar-refractivity contribution >= 4 is 45.1 Å². The summed E-state index contributed by atoms with van der Waals surface area (Å²) in [7, 11) is 0. The van der Waals surface area contributed by atoms with Crippen LogP contribution in [0, 0.1) is 3.57 Å². The van der Waals surface area contributed by atoms with Gasteiger partial charge in [0, 0.05) is 14.0 Å². The lowest BCUT2D eigenvalue weighted by atomic mass is 10.2. The van der Waals surface area contributed by atoms with Gasteiger partial charge in [0.25, 0.3) is 0 Å². The number of alkyl halides is 3. The second kappa shape index (κ2) is 4.03. The van der Waals surface area contributed by atoms with Gasteiger partial charge in [-0.25, -0.2) is 4.98 Å². The van der Waals surface area contributed by atoms with Crippen LogP contribution in [0.5, 0.6) is 0 Å². The maximum absolute atomic E-state index is 12.5. The molecule has 0 aliphatic carbocycles. The Balaban J connectivity index is 2.74. The molecular formula is C10H4ClF3IN. The molecule has 0 radical (unpaired) electrons. The first-order chi connectivity index (χ1) is 7.38. The molecule has 0 aliphatic rings. The Labute approximate surface area is 108 Å². The molecule has 0 saturated carbocycles.